The SMILES string of the molecule is CN=C(NCc1ccc(Oc2c(OC)cccc2OC)nc1)NC(C)(C)C. The van der Waals surface area contributed by atoms with Crippen LogP contribution in [0.2, 0.25) is 0 Å². The predicted octanol–water partition coefficient (Wildman–Crippen LogP) is 3.35. The van der Waals surface area contributed by atoms with Crippen LogP contribution in [0.1, 0.15) is 26.3 Å². The molecular formula is C20H28N4O3. The molecule has 27 heavy (non-hydrogen) atoms. The van der Waals surface area contributed by atoms with E-state index in [1.807, 2.05) is 30.3 Å². The minimum Gasteiger partial charge on any atom is -0.493 e. The summed E-state index contributed by atoms with van der Waals surface area (Å²) in [4.78, 5) is 8.59. The fourth-order valence-electron chi connectivity index (χ4n) is 2.32. The summed E-state index contributed by atoms with van der Waals surface area (Å²) in [5.74, 6) is 2.86. The summed E-state index contributed by atoms with van der Waals surface area (Å²) in [7, 11) is 4.92. The molecule has 1 heterocycles. The monoisotopic (exact) mass is 372 g/mol. The predicted molar refractivity (Wildman–Crippen MR) is 107 cm³/mol. The van der Waals surface area contributed by atoms with E-state index in [0.29, 0.717) is 29.7 Å². The highest BCUT2D eigenvalue weighted by molar-refractivity contribution is 5.80. The third-order valence-electron chi connectivity index (χ3n) is 3.56. The molecule has 0 atom stereocenters. The van der Waals surface area contributed by atoms with Crippen molar-refractivity contribution in [2.75, 3.05) is 21.3 Å². The lowest BCUT2D eigenvalue weighted by Crippen LogP contribution is -2.47. The molecule has 7 nitrogen and oxygen atoms in total. The first-order valence-electron chi connectivity index (χ1n) is 8.69. The number of nitrogens with zero attached hydrogens (tertiary/aromatic N) is 2. The van der Waals surface area contributed by atoms with Crippen LogP contribution in [-0.4, -0.2) is 37.7 Å². The molecule has 146 valence electrons. The van der Waals surface area contributed by atoms with Crippen molar-refractivity contribution < 1.29 is 14.2 Å². The second kappa shape index (κ2) is 9.12. The normalized spacial score (nSPS) is 11.7. The second-order valence-electron chi connectivity index (χ2n) is 6.90. The van der Waals surface area contributed by atoms with Gasteiger partial charge in [0.15, 0.2) is 17.5 Å². The average molecular weight is 372 g/mol. The summed E-state index contributed by atoms with van der Waals surface area (Å²) < 4.78 is 16.5. The van der Waals surface area contributed by atoms with Gasteiger partial charge in [-0.25, -0.2) is 4.98 Å². The van der Waals surface area contributed by atoms with Crippen molar-refractivity contribution in [3.63, 3.8) is 0 Å². The summed E-state index contributed by atoms with van der Waals surface area (Å²) >= 11 is 0. The summed E-state index contributed by atoms with van der Waals surface area (Å²) in [6, 6.07) is 9.21. The topological polar surface area (TPSA) is 77.0 Å². The van der Waals surface area contributed by atoms with Crippen molar-refractivity contribution in [1.29, 1.82) is 0 Å². The zero-order valence-corrected chi connectivity index (χ0v) is 16.8. The average Bonchev–Trinajstić information content (AvgIpc) is 2.65. The smallest absolute Gasteiger partial charge is 0.219 e. The number of benzene rings is 1. The lowest BCUT2D eigenvalue weighted by Gasteiger charge is -2.23. The Morgan fingerprint density at radius 2 is 1.74 bits per heavy atom. The van der Waals surface area contributed by atoms with Gasteiger partial charge in [0.25, 0.3) is 0 Å². The molecule has 0 unspecified atom stereocenters. The zero-order valence-electron chi connectivity index (χ0n) is 16.8. The molecule has 0 amide bonds. The van der Waals surface area contributed by atoms with Gasteiger partial charge in [0.1, 0.15) is 0 Å². The van der Waals surface area contributed by atoms with E-state index >= 15 is 0 Å². The van der Waals surface area contributed by atoms with Crippen molar-refractivity contribution in [3.05, 3.63) is 42.1 Å². The fourth-order valence-corrected chi connectivity index (χ4v) is 2.32. The van der Waals surface area contributed by atoms with Crippen LogP contribution >= 0.6 is 0 Å². The minimum atomic E-state index is -0.0639. The van der Waals surface area contributed by atoms with E-state index in [9.17, 15) is 0 Å². The highest BCUT2D eigenvalue weighted by Crippen LogP contribution is 2.39. The standard InChI is InChI=1S/C20H28N4O3/c1-20(2,3)24-19(21-4)23-13-14-10-11-17(22-12-14)27-18-15(25-5)8-7-9-16(18)26-6/h7-12H,13H2,1-6H3,(H2,21,23,24). The molecule has 0 aliphatic heterocycles. The Labute approximate surface area is 160 Å². The van der Waals surface area contributed by atoms with Gasteiger partial charge < -0.3 is 24.8 Å². The molecule has 1 aromatic carbocycles. The summed E-state index contributed by atoms with van der Waals surface area (Å²) in [5, 5.41) is 6.58. The molecule has 7 heteroatoms. The third-order valence-corrected chi connectivity index (χ3v) is 3.56. The van der Waals surface area contributed by atoms with E-state index in [0.717, 1.165) is 11.5 Å². The number of nitrogens with one attached hydrogen (secondary N) is 2. The van der Waals surface area contributed by atoms with Crippen LogP contribution in [0.4, 0.5) is 0 Å². The maximum atomic E-state index is 5.87. The maximum absolute atomic E-state index is 5.87. The first kappa shape index (κ1) is 20.4. The molecule has 0 fully saturated rings. The van der Waals surface area contributed by atoms with Crippen molar-refractivity contribution in [2.45, 2.75) is 32.9 Å². The number of guanidine groups is 1. The number of aromatic nitrogens is 1. The Morgan fingerprint density at radius 3 is 2.22 bits per heavy atom. The molecule has 0 radical (unpaired) electrons. The number of ether oxygens (including phenoxy) is 3. The molecule has 0 saturated heterocycles. The van der Waals surface area contributed by atoms with Gasteiger partial charge in [-0.2, -0.15) is 0 Å². The Hall–Kier alpha value is -2.96. The van der Waals surface area contributed by atoms with Crippen LogP contribution in [0.25, 0.3) is 0 Å². The first-order chi connectivity index (χ1) is 12.9. The number of aliphatic imine (C=N–C) groups is 1. The van der Waals surface area contributed by atoms with Gasteiger partial charge in [-0.3, -0.25) is 4.99 Å². The van der Waals surface area contributed by atoms with E-state index in [4.69, 9.17) is 14.2 Å². The number of pyridine rings is 1. The molecule has 0 spiro atoms. The number of rotatable bonds is 6. The number of para-hydroxylation sites is 1. The summed E-state index contributed by atoms with van der Waals surface area (Å²) in [5.41, 5.74) is 0.942. The fraction of sp³-hybridized carbons (Fsp3) is 0.400. The van der Waals surface area contributed by atoms with Crippen LogP contribution in [0, 0.1) is 0 Å². The summed E-state index contributed by atoms with van der Waals surface area (Å²) in [6.45, 7) is 6.85. The van der Waals surface area contributed by atoms with Crippen LogP contribution in [0.5, 0.6) is 23.1 Å². The second-order valence-corrected chi connectivity index (χ2v) is 6.90. The molecule has 1 aromatic heterocycles. The number of hydrogen-bond donors (Lipinski definition) is 2. The molecule has 2 aromatic rings. The quantitative estimate of drug-likeness (QED) is 0.598. The Bertz CT molecular complexity index is 746. The number of methoxy groups -OCH3 is 2. The van der Waals surface area contributed by atoms with E-state index in [-0.39, 0.29) is 5.54 Å². The molecule has 2 N–H and O–H groups in total. The van der Waals surface area contributed by atoms with Gasteiger partial charge >= 0.3 is 0 Å². The van der Waals surface area contributed by atoms with Crippen LogP contribution < -0.4 is 24.8 Å². The van der Waals surface area contributed by atoms with Crippen LogP contribution in [-0.2, 0) is 6.54 Å². The van der Waals surface area contributed by atoms with Crippen LogP contribution in [0.15, 0.2) is 41.5 Å². The van der Waals surface area contributed by atoms with Gasteiger partial charge in [0, 0.05) is 31.4 Å². The van der Waals surface area contributed by atoms with Crippen molar-refractivity contribution >= 4 is 5.96 Å². The maximum Gasteiger partial charge on any atom is 0.219 e. The van der Waals surface area contributed by atoms with Gasteiger partial charge in [-0.15, -0.1) is 0 Å². The molecular weight excluding hydrogens is 344 g/mol. The molecule has 0 bridgehead atoms. The van der Waals surface area contributed by atoms with E-state index in [1.165, 1.54) is 0 Å². The van der Waals surface area contributed by atoms with Gasteiger partial charge in [0.2, 0.25) is 11.6 Å². The Balaban J connectivity index is 2.04. The highest BCUT2D eigenvalue weighted by Gasteiger charge is 2.14. The van der Waals surface area contributed by atoms with Gasteiger partial charge in [-0.05, 0) is 38.5 Å². The minimum absolute atomic E-state index is 0.0639. The Morgan fingerprint density at radius 1 is 1.07 bits per heavy atom. The van der Waals surface area contributed by atoms with Gasteiger partial charge in [0.05, 0.1) is 14.2 Å². The molecule has 2 rings (SSSR count). The third kappa shape index (κ3) is 6.06. The highest BCUT2D eigenvalue weighted by atomic mass is 16.5. The molecule has 0 aliphatic carbocycles. The molecule has 0 saturated carbocycles. The first-order valence-corrected chi connectivity index (χ1v) is 8.69. The largest absolute Gasteiger partial charge is 0.493 e. The van der Waals surface area contributed by atoms with E-state index < -0.39 is 0 Å². The van der Waals surface area contributed by atoms with Crippen molar-refractivity contribution in [3.8, 4) is 23.1 Å². The number of hydrogen-bond acceptors (Lipinski definition) is 5. The van der Waals surface area contributed by atoms with E-state index in [1.54, 1.807) is 27.5 Å². The Kier molecular flexibility index (Phi) is 6.87. The van der Waals surface area contributed by atoms with Crippen molar-refractivity contribution in [2.24, 2.45) is 4.99 Å². The van der Waals surface area contributed by atoms with Gasteiger partial charge in [-0.1, -0.05) is 12.1 Å². The van der Waals surface area contributed by atoms with E-state index in [2.05, 4.69) is 41.4 Å². The van der Waals surface area contributed by atoms with Crippen molar-refractivity contribution in [1.82, 2.24) is 15.6 Å². The zero-order chi connectivity index (χ0) is 19.9. The lowest BCUT2D eigenvalue weighted by atomic mass is 10.1. The molecule has 0 aliphatic rings. The van der Waals surface area contributed by atoms with Crippen LogP contribution in [0.3, 0.4) is 0 Å². The lowest BCUT2D eigenvalue weighted by molar-refractivity contribution is 0.342. The summed E-state index contributed by atoms with van der Waals surface area (Å²) in [6.07, 6.45) is 1.76.